The minimum atomic E-state index is -3.72. The fourth-order valence-corrected chi connectivity index (χ4v) is 4.37. The second-order valence-corrected chi connectivity index (χ2v) is 8.28. The van der Waals surface area contributed by atoms with Crippen LogP contribution in [0.15, 0.2) is 35.5 Å². The molecule has 0 saturated carbocycles. The average Bonchev–Trinajstić information content (AvgIpc) is 2.84. The summed E-state index contributed by atoms with van der Waals surface area (Å²) in [7, 11) is -1.98. The Kier molecular flexibility index (Phi) is 5.47. The van der Waals surface area contributed by atoms with Gasteiger partial charge in [0, 0.05) is 39.4 Å². The minimum absolute atomic E-state index is 0.00626. The first kappa shape index (κ1) is 19.3. The molecule has 0 radical (unpaired) electrons. The third-order valence-corrected chi connectivity index (χ3v) is 6.32. The van der Waals surface area contributed by atoms with E-state index in [-0.39, 0.29) is 23.8 Å². The third kappa shape index (κ3) is 4.11. The van der Waals surface area contributed by atoms with Gasteiger partial charge in [0.05, 0.1) is 5.69 Å². The molecule has 1 saturated heterocycles. The van der Waals surface area contributed by atoms with Gasteiger partial charge < -0.3 is 14.8 Å². The Morgan fingerprint density at radius 3 is 2.59 bits per heavy atom. The molecule has 1 aromatic carbocycles. The molecule has 2 heterocycles. The van der Waals surface area contributed by atoms with Crippen molar-refractivity contribution in [1.29, 1.82) is 0 Å². The Bertz CT molecular complexity index is 924. The fraction of sp³-hybridized carbons (Fsp3) is 0.412. The number of sulfonamides is 1. The van der Waals surface area contributed by atoms with Crippen LogP contribution in [-0.2, 0) is 17.1 Å². The number of hydrogen-bond acceptors (Lipinski definition) is 4. The van der Waals surface area contributed by atoms with Crippen LogP contribution in [0.2, 0.25) is 0 Å². The summed E-state index contributed by atoms with van der Waals surface area (Å²) >= 11 is 0. The number of aromatic nitrogens is 2. The molecule has 8 nitrogen and oxygen atoms in total. The van der Waals surface area contributed by atoms with E-state index in [2.05, 4.69) is 10.3 Å². The molecular weight excluding hydrogens is 373 g/mol. The molecule has 146 valence electrons. The number of aryl methyl sites for hydroxylation is 2. The Balaban J connectivity index is 1.68. The van der Waals surface area contributed by atoms with Crippen molar-refractivity contribution in [3.05, 3.63) is 42.1 Å². The number of para-hydroxylation sites is 1. The largest absolute Gasteiger partial charge is 0.337 e. The van der Waals surface area contributed by atoms with Crippen LogP contribution in [0, 0.1) is 12.7 Å². The zero-order valence-electron chi connectivity index (χ0n) is 15.2. The van der Waals surface area contributed by atoms with E-state index < -0.39 is 21.9 Å². The van der Waals surface area contributed by atoms with Crippen LogP contribution < -0.4 is 5.32 Å². The van der Waals surface area contributed by atoms with Gasteiger partial charge in [0.1, 0.15) is 11.6 Å². The van der Waals surface area contributed by atoms with E-state index in [9.17, 15) is 17.6 Å². The maximum Gasteiger partial charge on any atom is 0.321 e. The molecule has 1 fully saturated rings. The number of carbonyl (C=O) groups excluding carboxylic acids is 1. The second-order valence-electron chi connectivity index (χ2n) is 6.39. The normalized spacial score (nSPS) is 16.2. The maximum atomic E-state index is 13.7. The molecule has 1 aliphatic heterocycles. The quantitative estimate of drug-likeness (QED) is 0.858. The number of amides is 2. The predicted octanol–water partition coefficient (Wildman–Crippen LogP) is 1.80. The number of anilines is 1. The van der Waals surface area contributed by atoms with Gasteiger partial charge in [-0.05, 0) is 25.5 Å². The van der Waals surface area contributed by atoms with Crippen molar-refractivity contribution in [2.24, 2.45) is 7.05 Å². The molecule has 0 bridgehead atoms. The van der Waals surface area contributed by atoms with E-state index in [0.29, 0.717) is 25.3 Å². The minimum Gasteiger partial charge on any atom is -0.337 e. The molecule has 1 N–H and O–H groups in total. The summed E-state index contributed by atoms with van der Waals surface area (Å²) in [4.78, 5) is 18.0. The Labute approximate surface area is 157 Å². The van der Waals surface area contributed by atoms with E-state index in [0.717, 1.165) is 0 Å². The van der Waals surface area contributed by atoms with Crippen molar-refractivity contribution in [2.45, 2.75) is 18.4 Å². The van der Waals surface area contributed by atoms with Crippen molar-refractivity contribution >= 4 is 21.7 Å². The number of halogens is 1. The maximum absolute atomic E-state index is 13.7. The molecule has 0 unspecified atom stereocenters. The lowest BCUT2D eigenvalue weighted by atomic mass is 10.3. The highest BCUT2D eigenvalue weighted by Gasteiger charge is 2.30. The summed E-state index contributed by atoms with van der Waals surface area (Å²) in [5, 5.41) is 2.54. The van der Waals surface area contributed by atoms with Gasteiger partial charge in [0.15, 0.2) is 5.03 Å². The average molecular weight is 395 g/mol. The number of nitrogens with one attached hydrogen (secondary N) is 1. The van der Waals surface area contributed by atoms with Gasteiger partial charge in [0.25, 0.3) is 10.0 Å². The molecule has 2 aromatic rings. The topological polar surface area (TPSA) is 87.5 Å². The van der Waals surface area contributed by atoms with Crippen LogP contribution in [-0.4, -0.2) is 59.4 Å². The van der Waals surface area contributed by atoms with Crippen molar-refractivity contribution in [2.75, 3.05) is 31.5 Å². The van der Waals surface area contributed by atoms with Gasteiger partial charge in [-0.3, -0.25) is 0 Å². The number of benzene rings is 1. The van der Waals surface area contributed by atoms with Gasteiger partial charge >= 0.3 is 6.03 Å². The Morgan fingerprint density at radius 2 is 1.93 bits per heavy atom. The number of rotatable bonds is 3. The SMILES string of the molecule is Cc1nc(S(=O)(=O)N2CCCN(C(=O)Nc3ccccc3F)CC2)cn1C. The van der Waals surface area contributed by atoms with Gasteiger partial charge in [-0.15, -0.1) is 0 Å². The van der Waals surface area contributed by atoms with Gasteiger partial charge in [-0.2, -0.15) is 4.31 Å². The van der Waals surface area contributed by atoms with E-state index in [1.165, 1.54) is 27.5 Å². The summed E-state index contributed by atoms with van der Waals surface area (Å²) in [5.74, 6) is 0.0877. The van der Waals surface area contributed by atoms with Crippen molar-refractivity contribution in [3.63, 3.8) is 0 Å². The van der Waals surface area contributed by atoms with Crippen molar-refractivity contribution < 1.29 is 17.6 Å². The number of nitrogens with zero attached hydrogens (tertiary/aromatic N) is 4. The van der Waals surface area contributed by atoms with Gasteiger partial charge in [0.2, 0.25) is 0 Å². The molecule has 1 aliphatic rings. The number of urea groups is 1. The van der Waals surface area contributed by atoms with E-state index in [4.69, 9.17) is 0 Å². The van der Waals surface area contributed by atoms with E-state index >= 15 is 0 Å². The molecule has 1 aromatic heterocycles. The van der Waals surface area contributed by atoms with Gasteiger partial charge in [-0.25, -0.2) is 22.6 Å². The first-order valence-corrected chi connectivity index (χ1v) is 10.0. The summed E-state index contributed by atoms with van der Waals surface area (Å²) in [6.45, 7) is 2.78. The summed E-state index contributed by atoms with van der Waals surface area (Å²) < 4.78 is 42.3. The number of imidazole rings is 1. The Morgan fingerprint density at radius 1 is 1.19 bits per heavy atom. The first-order chi connectivity index (χ1) is 12.8. The first-order valence-electron chi connectivity index (χ1n) is 8.59. The zero-order chi connectivity index (χ0) is 19.6. The molecule has 0 aliphatic carbocycles. The Hall–Kier alpha value is -2.46. The lowest BCUT2D eigenvalue weighted by Crippen LogP contribution is -2.39. The summed E-state index contributed by atoms with van der Waals surface area (Å²) in [5.41, 5.74) is 0.0974. The van der Waals surface area contributed by atoms with Crippen LogP contribution in [0.3, 0.4) is 0 Å². The standard InChI is InChI=1S/C17H22FN5O3S/c1-13-19-16(12-21(13)2)27(25,26)23-9-5-8-22(10-11-23)17(24)20-15-7-4-3-6-14(15)18/h3-4,6-7,12H,5,8-11H2,1-2H3,(H,20,24). The number of hydrogen-bond donors (Lipinski definition) is 1. The lowest BCUT2D eigenvalue weighted by Gasteiger charge is -2.22. The molecular formula is C17H22FN5O3S. The fourth-order valence-electron chi connectivity index (χ4n) is 2.88. The monoisotopic (exact) mass is 395 g/mol. The van der Waals surface area contributed by atoms with Crippen molar-refractivity contribution in [3.8, 4) is 0 Å². The zero-order valence-corrected chi connectivity index (χ0v) is 16.0. The van der Waals surface area contributed by atoms with Crippen molar-refractivity contribution in [1.82, 2.24) is 18.8 Å². The summed E-state index contributed by atoms with van der Waals surface area (Å²) in [6, 6.07) is 5.46. The van der Waals surface area contributed by atoms with E-state index in [1.54, 1.807) is 30.7 Å². The van der Waals surface area contributed by atoms with Crippen LogP contribution in [0.5, 0.6) is 0 Å². The highest BCUT2D eigenvalue weighted by Crippen LogP contribution is 2.18. The molecule has 0 spiro atoms. The second kappa shape index (κ2) is 7.65. The highest BCUT2D eigenvalue weighted by atomic mass is 32.2. The third-order valence-electron chi connectivity index (χ3n) is 4.55. The van der Waals surface area contributed by atoms with Crippen LogP contribution in [0.4, 0.5) is 14.9 Å². The molecule has 2 amide bonds. The highest BCUT2D eigenvalue weighted by molar-refractivity contribution is 7.89. The molecule has 10 heteroatoms. The molecule has 0 atom stereocenters. The molecule has 3 rings (SSSR count). The molecule has 27 heavy (non-hydrogen) atoms. The predicted molar refractivity (Wildman–Crippen MR) is 98.3 cm³/mol. The smallest absolute Gasteiger partial charge is 0.321 e. The van der Waals surface area contributed by atoms with Gasteiger partial charge in [-0.1, -0.05) is 12.1 Å². The van der Waals surface area contributed by atoms with E-state index in [1.807, 2.05) is 0 Å². The van der Waals surface area contributed by atoms with Crippen LogP contribution in [0.25, 0.3) is 0 Å². The number of carbonyl (C=O) groups is 1. The van der Waals surface area contributed by atoms with Crippen LogP contribution >= 0.6 is 0 Å². The van der Waals surface area contributed by atoms with Crippen LogP contribution in [0.1, 0.15) is 12.2 Å². The summed E-state index contributed by atoms with van der Waals surface area (Å²) in [6.07, 6.45) is 1.97. The lowest BCUT2D eigenvalue weighted by molar-refractivity contribution is 0.214.